The Morgan fingerprint density at radius 2 is 1.83 bits per heavy atom. The van der Waals surface area contributed by atoms with Gasteiger partial charge in [-0.05, 0) is 31.2 Å². The van der Waals surface area contributed by atoms with Crippen molar-refractivity contribution in [3.8, 4) is 5.69 Å². The highest BCUT2D eigenvalue weighted by atomic mass is 16.4. The molecule has 0 saturated heterocycles. The zero-order valence-electron chi connectivity index (χ0n) is 13.1. The zero-order valence-corrected chi connectivity index (χ0v) is 13.1. The second kappa shape index (κ2) is 4.87. The Kier molecular flexibility index (Phi) is 3.21. The molecule has 0 amide bonds. The van der Waals surface area contributed by atoms with Crippen molar-refractivity contribution in [1.82, 2.24) is 9.78 Å². The normalized spacial score (nSPS) is 16.3. The van der Waals surface area contributed by atoms with Gasteiger partial charge in [0.1, 0.15) is 0 Å². The number of carbonyl (C=O) groups is 3. The molecule has 1 heterocycles. The minimum absolute atomic E-state index is 0.179. The van der Waals surface area contributed by atoms with Gasteiger partial charge in [-0.25, -0.2) is 9.48 Å². The van der Waals surface area contributed by atoms with Gasteiger partial charge < -0.3 is 5.11 Å². The summed E-state index contributed by atoms with van der Waals surface area (Å²) in [7, 11) is 0. The first-order chi connectivity index (χ1) is 10.7. The van der Waals surface area contributed by atoms with Crippen LogP contribution in [0.3, 0.4) is 0 Å². The molecule has 0 atom stereocenters. The van der Waals surface area contributed by atoms with Crippen molar-refractivity contribution < 1.29 is 19.5 Å². The Hall–Kier alpha value is -2.76. The summed E-state index contributed by atoms with van der Waals surface area (Å²) < 4.78 is 1.63. The van der Waals surface area contributed by atoms with Crippen LogP contribution in [0.15, 0.2) is 24.3 Å². The van der Waals surface area contributed by atoms with E-state index >= 15 is 0 Å². The highest BCUT2D eigenvalue weighted by Crippen LogP contribution is 2.34. The summed E-state index contributed by atoms with van der Waals surface area (Å²) in [6.45, 7) is 5.19. The van der Waals surface area contributed by atoms with E-state index in [2.05, 4.69) is 5.10 Å². The van der Waals surface area contributed by atoms with E-state index in [9.17, 15) is 14.4 Å². The molecule has 1 N–H and O–H groups in total. The molecule has 0 bridgehead atoms. The number of benzene rings is 1. The maximum absolute atomic E-state index is 12.4. The summed E-state index contributed by atoms with van der Waals surface area (Å²) >= 11 is 0. The van der Waals surface area contributed by atoms with E-state index in [0.717, 1.165) is 0 Å². The minimum atomic E-state index is -1.00. The first-order valence-electron chi connectivity index (χ1n) is 7.24. The molecule has 0 spiro atoms. The fourth-order valence-corrected chi connectivity index (χ4v) is 2.91. The number of hydrogen-bond acceptors (Lipinski definition) is 4. The van der Waals surface area contributed by atoms with Crippen LogP contribution < -0.4 is 0 Å². The van der Waals surface area contributed by atoms with Crippen LogP contribution in [0, 0.1) is 12.3 Å². The smallest absolute Gasteiger partial charge is 0.335 e. The lowest BCUT2D eigenvalue weighted by Gasteiger charge is -2.27. The highest BCUT2D eigenvalue weighted by molar-refractivity contribution is 6.46. The third kappa shape index (κ3) is 2.27. The first-order valence-corrected chi connectivity index (χ1v) is 7.24. The lowest BCUT2D eigenvalue weighted by molar-refractivity contribution is -0.123. The average Bonchev–Trinajstić information content (AvgIpc) is 2.81. The van der Waals surface area contributed by atoms with Crippen molar-refractivity contribution in [2.75, 3.05) is 0 Å². The molecule has 0 aliphatic heterocycles. The van der Waals surface area contributed by atoms with Gasteiger partial charge in [0.05, 0.1) is 28.2 Å². The van der Waals surface area contributed by atoms with Gasteiger partial charge in [0.25, 0.3) is 0 Å². The van der Waals surface area contributed by atoms with Gasteiger partial charge in [0, 0.05) is 11.8 Å². The van der Waals surface area contributed by atoms with Gasteiger partial charge in [-0.3, -0.25) is 9.59 Å². The van der Waals surface area contributed by atoms with E-state index in [1.807, 2.05) is 0 Å². The standard InChI is InChI=1S/C17H16N2O4/c1-9-13-12(8-17(2,3)15(21)14(13)20)19(18-9)11-6-4-10(5-7-11)16(22)23/h4-7H,8H2,1-3H3,(H,22,23). The van der Waals surface area contributed by atoms with Crippen LogP contribution in [-0.2, 0) is 11.2 Å². The highest BCUT2D eigenvalue weighted by Gasteiger charge is 2.43. The summed E-state index contributed by atoms with van der Waals surface area (Å²) in [5.74, 6) is -1.90. The van der Waals surface area contributed by atoms with Gasteiger partial charge in [-0.1, -0.05) is 13.8 Å². The number of rotatable bonds is 2. The van der Waals surface area contributed by atoms with Crippen molar-refractivity contribution in [3.05, 3.63) is 46.8 Å². The largest absolute Gasteiger partial charge is 0.478 e. The van der Waals surface area contributed by atoms with Crippen LogP contribution in [-0.4, -0.2) is 32.4 Å². The average molecular weight is 312 g/mol. The summed E-state index contributed by atoms with van der Waals surface area (Å²) in [5.41, 5.74) is 1.65. The number of carboxylic acids is 1. The monoisotopic (exact) mass is 312 g/mol. The van der Waals surface area contributed by atoms with Crippen molar-refractivity contribution in [2.24, 2.45) is 5.41 Å². The summed E-state index contributed by atoms with van der Waals surface area (Å²) in [4.78, 5) is 35.5. The van der Waals surface area contributed by atoms with Gasteiger partial charge in [0.15, 0.2) is 0 Å². The molecule has 1 aromatic heterocycles. The number of Topliss-reactive ketones (excluding diaryl/α,β-unsaturated/α-hetero) is 2. The molecule has 3 rings (SSSR count). The Balaban J connectivity index is 2.15. The molecule has 6 nitrogen and oxygen atoms in total. The van der Waals surface area contributed by atoms with Crippen LogP contribution in [0.2, 0.25) is 0 Å². The van der Waals surface area contributed by atoms with E-state index in [0.29, 0.717) is 29.1 Å². The number of carbonyl (C=O) groups excluding carboxylic acids is 2. The number of fused-ring (bicyclic) bond motifs is 1. The second-order valence-corrected chi connectivity index (χ2v) is 6.39. The SMILES string of the molecule is Cc1nn(-c2ccc(C(=O)O)cc2)c2c1C(=O)C(=O)C(C)(C)C2. The molecule has 1 aromatic carbocycles. The molecule has 1 aliphatic carbocycles. The fraction of sp³-hybridized carbons (Fsp3) is 0.294. The predicted octanol–water partition coefficient (Wildman–Crippen LogP) is 2.21. The molecule has 118 valence electrons. The van der Waals surface area contributed by atoms with Crippen molar-refractivity contribution >= 4 is 17.5 Å². The molecule has 0 radical (unpaired) electrons. The summed E-state index contributed by atoms with van der Waals surface area (Å²) in [6.07, 6.45) is 0.411. The molecule has 0 fully saturated rings. The molecule has 23 heavy (non-hydrogen) atoms. The van der Waals surface area contributed by atoms with Gasteiger partial charge in [0.2, 0.25) is 11.6 Å². The van der Waals surface area contributed by atoms with E-state index in [1.54, 1.807) is 37.6 Å². The van der Waals surface area contributed by atoms with E-state index in [-0.39, 0.29) is 5.56 Å². The van der Waals surface area contributed by atoms with Crippen molar-refractivity contribution in [3.63, 3.8) is 0 Å². The molecule has 1 aliphatic rings. The lowest BCUT2D eigenvalue weighted by atomic mass is 9.74. The van der Waals surface area contributed by atoms with E-state index in [4.69, 9.17) is 5.11 Å². The van der Waals surface area contributed by atoms with Gasteiger partial charge >= 0.3 is 5.97 Å². The molecule has 0 saturated carbocycles. The number of carboxylic acid groups (broad SMARTS) is 1. The number of aromatic nitrogens is 2. The van der Waals surface area contributed by atoms with Crippen molar-refractivity contribution in [2.45, 2.75) is 27.2 Å². The number of ketones is 2. The van der Waals surface area contributed by atoms with Crippen LogP contribution in [0.5, 0.6) is 0 Å². The maximum Gasteiger partial charge on any atom is 0.335 e. The third-order valence-corrected chi connectivity index (χ3v) is 4.17. The van der Waals surface area contributed by atoms with E-state index < -0.39 is 23.0 Å². The predicted molar refractivity (Wildman–Crippen MR) is 82.1 cm³/mol. The first kappa shape index (κ1) is 15.1. The summed E-state index contributed by atoms with van der Waals surface area (Å²) in [6, 6.07) is 6.26. The third-order valence-electron chi connectivity index (χ3n) is 4.17. The Bertz CT molecular complexity index is 844. The Morgan fingerprint density at radius 1 is 1.22 bits per heavy atom. The van der Waals surface area contributed by atoms with Gasteiger partial charge in [-0.15, -0.1) is 0 Å². The quantitative estimate of drug-likeness (QED) is 0.859. The van der Waals surface area contributed by atoms with Gasteiger partial charge in [-0.2, -0.15) is 5.10 Å². The van der Waals surface area contributed by atoms with Crippen molar-refractivity contribution in [1.29, 1.82) is 0 Å². The molecule has 2 aromatic rings. The Labute approximate surface area is 132 Å². The molecular weight excluding hydrogens is 296 g/mol. The fourth-order valence-electron chi connectivity index (χ4n) is 2.91. The maximum atomic E-state index is 12.4. The van der Waals surface area contributed by atoms with Crippen LogP contribution in [0.4, 0.5) is 0 Å². The molecule has 6 heteroatoms. The van der Waals surface area contributed by atoms with Crippen LogP contribution in [0.1, 0.15) is 46.0 Å². The molecule has 0 unspecified atom stereocenters. The van der Waals surface area contributed by atoms with Crippen LogP contribution in [0.25, 0.3) is 5.69 Å². The number of nitrogens with zero attached hydrogens (tertiary/aromatic N) is 2. The lowest BCUT2D eigenvalue weighted by Crippen LogP contribution is -2.39. The Morgan fingerprint density at radius 3 is 2.39 bits per heavy atom. The van der Waals surface area contributed by atoms with Crippen LogP contribution >= 0.6 is 0 Å². The number of aromatic carboxylic acids is 1. The molecular formula is C17H16N2O4. The topological polar surface area (TPSA) is 89.3 Å². The zero-order chi connectivity index (χ0) is 16.9. The minimum Gasteiger partial charge on any atom is -0.478 e. The number of hydrogen-bond donors (Lipinski definition) is 1. The number of aryl methyl sites for hydroxylation is 1. The van der Waals surface area contributed by atoms with E-state index in [1.165, 1.54) is 12.1 Å². The second-order valence-electron chi connectivity index (χ2n) is 6.39. The summed E-state index contributed by atoms with van der Waals surface area (Å²) in [5, 5.41) is 13.4.